The summed E-state index contributed by atoms with van der Waals surface area (Å²) in [5, 5.41) is 3.79. The highest BCUT2D eigenvalue weighted by atomic mass is 19.1. The Morgan fingerprint density at radius 1 is 1.15 bits per heavy atom. The van der Waals surface area contributed by atoms with E-state index in [4.69, 9.17) is 10.5 Å². The number of hydrogen-bond donors (Lipinski definition) is 2. The number of hydrogen-bond acceptors (Lipinski definition) is 5. The van der Waals surface area contributed by atoms with Crippen LogP contribution in [-0.2, 0) is 9.53 Å². The zero-order valence-corrected chi connectivity index (χ0v) is 19.7. The molecule has 0 radical (unpaired) electrons. The number of esters is 1. The average Bonchev–Trinajstić information content (AvgIpc) is 2.85. The van der Waals surface area contributed by atoms with Crippen LogP contribution in [0, 0.1) is 24.6 Å². The van der Waals surface area contributed by atoms with Crippen molar-refractivity contribution in [2.45, 2.75) is 45.4 Å². The smallest absolute Gasteiger partial charge is 0.337 e. The van der Waals surface area contributed by atoms with Gasteiger partial charge in [0.15, 0.2) is 0 Å². The summed E-state index contributed by atoms with van der Waals surface area (Å²) in [5.74, 6) is -0.525. The third kappa shape index (κ3) is 4.74. The number of aromatic nitrogens is 1. The zero-order chi connectivity index (χ0) is 24.4. The number of halogens is 1. The minimum Gasteiger partial charge on any atom is -0.465 e. The van der Waals surface area contributed by atoms with E-state index in [1.54, 1.807) is 37.4 Å². The van der Waals surface area contributed by atoms with Crippen LogP contribution >= 0.6 is 0 Å². The van der Waals surface area contributed by atoms with E-state index in [9.17, 15) is 14.0 Å². The molecule has 1 fully saturated rings. The molecule has 1 atom stereocenters. The van der Waals surface area contributed by atoms with Crippen molar-refractivity contribution < 1.29 is 18.7 Å². The normalized spacial score (nSPS) is 18.9. The number of fused-ring (bicyclic) bond motifs is 1. The maximum atomic E-state index is 13.9. The second-order valence-corrected chi connectivity index (χ2v) is 9.20. The van der Waals surface area contributed by atoms with Crippen molar-refractivity contribution in [3.8, 4) is 0 Å². The molecule has 0 saturated heterocycles. The summed E-state index contributed by atoms with van der Waals surface area (Å²) in [4.78, 5) is 29.4. The molecule has 1 aliphatic carbocycles. The number of aryl methyl sites for hydroxylation is 1. The van der Waals surface area contributed by atoms with Gasteiger partial charge in [-0.2, -0.15) is 0 Å². The third-order valence-corrected chi connectivity index (χ3v) is 7.14. The van der Waals surface area contributed by atoms with Crippen molar-refractivity contribution in [1.82, 2.24) is 4.98 Å². The van der Waals surface area contributed by atoms with Gasteiger partial charge >= 0.3 is 5.97 Å². The molecular weight excluding hydrogens is 433 g/mol. The van der Waals surface area contributed by atoms with Gasteiger partial charge in [0.2, 0.25) is 5.91 Å². The first-order chi connectivity index (χ1) is 16.3. The number of anilines is 2. The van der Waals surface area contributed by atoms with E-state index < -0.39 is 5.97 Å². The van der Waals surface area contributed by atoms with Crippen molar-refractivity contribution in [3.63, 3.8) is 0 Å². The lowest BCUT2D eigenvalue weighted by Crippen LogP contribution is -2.30. The van der Waals surface area contributed by atoms with Crippen LogP contribution < -0.4 is 11.1 Å². The standard InChI is InChI=1S/C27H30FN3O3/c1-15-12-19(27(33)34-3)13-24(25(15)29)31-26(32)16(2)17-4-6-18(7-5-17)21-10-11-30-23-9-8-20(28)14-22(21)23/h8-14,16-18H,4-7,29H2,1-3H3,(H,31,32)/t16-,17-,18+/m1/s1. The van der Waals surface area contributed by atoms with E-state index in [1.165, 1.54) is 13.2 Å². The van der Waals surface area contributed by atoms with Crippen molar-refractivity contribution >= 4 is 34.2 Å². The summed E-state index contributed by atoms with van der Waals surface area (Å²) in [6, 6.07) is 9.91. The summed E-state index contributed by atoms with van der Waals surface area (Å²) in [7, 11) is 1.32. The third-order valence-electron chi connectivity index (χ3n) is 7.14. The number of nitrogen functional groups attached to an aromatic ring is 1. The maximum absolute atomic E-state index is 13.9. The second-order valence-electron chi connectivity index (χ2n) is 9.20. The largest absolute Gasteiger partial charge is 0.465 e. The van der Waals surface area contributed by atoms with Crippen LogP contribution in [0.1, 0.15) is 60.0 Å². The minimum atomic E-state index is -0.478. The van der Waals surface area contributed by atoms with Gasteiger partial charge in [-0.25, -0.2) is 9.18 Å². The molecule has 178 valence electrons. The first-order valence-electron chi connectivity index (χ1n) is 11.6. The van der Waals surface area contributed by atoms with E-state index in [0.717, 1.165) is 42.1 Å². The van der Waals surface area contributed by atoms with Crippen LogP contribution in [0.25, 0.3) is 10.9 Å². The number of nitrogens with zero attached hydrogens (tertiary/aromatic N) is 1. The van der Waals surface area contributed by atoms with Gasteiger partial charge in [0.05, 0.1) is 29.6 Å². The summed E-state index contributed by atoms with van der Waals surface area (Å²) >= 11 is 0. The molecule has 1 saturated carbocycles. The van der Waals surface area contributed by atoms with Crippen LogP contribution in [0.3, 0.4) is 0 Å². The summed E-state index contributed by atoms with van der Waals surface area (Å²) in [6.45, 7) is 3.72. The molecule has 1 heterocycles. The van der Waals surface area contributed by atoms with Crippen molar-refractivity contribution in [2.24, 2.45) is 11.8 Å². The molecule has 0 unspecified atom stereocenters. The number of nitrogens with one attached hydrogen (secondary N) is 1. The van der Waals surface area contributed by atoms with Gasteiger partial charge in [-0.15, -0.1) is 0 Å². The number of ether oxygens (including phenoxy) is 1. The van der Waals surface area contributed by atoms with Crippen LogP contribution in [0.4, 0.5) is 15.8 Å². The molecule has 1 amide bonds. The Kier molecular flexibility index (Phi) is 6.82. The predicted molar refractivity (Wildman–Crippen MR) is 131 cm³/mol. The molecule has 2 aromatic carbocycles. The zero-order valence-electron chi connectivity index (χ0n) is 19.7. The molecule has 3 aromatic rings. The number of carbonyl (C=O) groups is 2. The number of pyridine rings is 1. The quantitative estimate of drug-likeness (QED) is 0.379. The van der Waals surface area contributed by atoms with E-state index in [1.807, 2.05) is 13.0 Å². The highest BCUT2D eigenvalue weighted by Crippen LogP contribution is 2.41. The Hall–Kier alpha value is -3.48. The molecule has 1 aliphatic rings. The highest BCUT2D eigenvalue weighted by Gasteiger charge is 2.30. The number of amides is 1. The fraction of sp³-hybridized carbons (Fsp3) is 0.370. The second kappa shape index (κ2) is 9.79. The number of nitrogens with two attached hydrogens (primary N) is 1. The van der Waals surface area contributed by atoms with E-state index in [-0.39, 0.29) is 23.6 Å². The Balaban J connectivity index is 1.44. The van der Waals surface area contributed by atoms with Gasteiger partial charge in [-0.05, 0) is 92.0 Å². The van der Waals surface area contributed by atoms with E-state index in [0.29, 0.717) is 28.4 Å². The van der Waals surface area contributed by atoms with Gasteiger partial charge < -0.3 is 15.8 Å². The minimum absolute atomic E-state index is 0.118. The summed E-state index contributed by atoms with van der Waals surface area (Å²) in [6.07, 6.45) is 5.44. The first-order valence-corrected chi connectivity index (χ1v) is 11.6. The molecule has 0 bridgehead atoms. The summed E-state index contributed by atoms with van der Waals surface area (Å²) < 4.78 is 18.7. The van der Waals surface area contributed by atoms with Crippen molar-refractivity contribution in [3.05, 3.63) is 65.1 Å². The molecule has 1 aromatic heterocycles. The number of rotatable bonds is 5. The molecule has 4 rings (SSSR count). The monoisotopic (exact) mass is 463 g/mol. The number of carbonyl (C=O) groups excluding carboxylic acids is 2. The number of benzene rings is 2. The molecule has 34 heavy (non-hydrogen) atoms. The van der Waals surface area contributed by atoms with Crippen molar-refractivity contribution in [2.75, 3.05) is 18.2 Å². The lowest BCUT2D eigenvalue weighted by molar-refractivity contribution is -0.121. The molecule has 0 spiro atoms. The van der Waals surface area contributed by atoms with Gasteiger partial charge in [0.25, 0.3) is 0 Å². The Labute approximate surface area is 198 Å². The maximum Gasteiger partial charge on any atom is 0.337 e. The summed E-state index contributed by atoms with van der Waals surface area (Å²) in [5.41, 5.74) is 10.0. The fourth-order valence-corrected chi connectivity index (χ4v) is 5.02. The van der Waals surface area contributed by atoms with Crippen LogP contribution in [0.5, 0.6) is 0 Å². The van der Waals surface area contributed by atoms with Gasteiger partial charge in [-0.1, -0.05) is 6.92 Å². The van der Waals surface area contributed by atoms with Gasteiger partial charge in [-0.3, -0.25) is 9.78 Å². The highest BCUT2D eigenvalue weighted by molar-refractivity contribution is 5.99. The first kappa shape index (κ1) is 23.7. The van der Waals surface area contributed by atoms with Crippen LogP contribution in [-0.4, -0.2) is 24.0 Å². The Morgan fingerprint density at radius 3 is 2.59 bits per heavy atom. The average molecular weight is 464 g/mol. The van der Waals surface area contributed by atoms with Crippen LogP contribution in [0.2, 0.25) is 0 Å². The predicted octanol–water partition coefficient (Wildman–Crippen LogP) is 5.60. The molecule has 3 N–H and O–H groups in total. The van der Waals surface area contributed by atoms with Crippen molar-refractivity contribution in [1.29, 1.82) is 0 Å². The molecule has 0 aliphatic heterocycles. The van der Waals surface area contributed by atoms with Crippen LogP contribution in [0.15, 0.2) is 42.6 Å². The Morgan fingerprint density at radius 2 is 1.88 bits per heavy atom. The SMILES string of the molecule is COC(=O)c1cc(C)c(N)c(NC(=O)[C@H](C)[C@H]2CC[C@@H](c3ccnc4ccc(F)cc43)CC2)c1. The van der Waals surface area contributed by atoms with Gasteiger partial charge in [0.1, 0.15) is 5.82 Å². The van der Waals surface area contributed by atoms with E-state index >= 15 is 0 Å². The lowest BCUT2D eigenvalue weighted by Gasteiger charge is -2.32. The van der Waals surface area contributed by atoms with Gasteiger partial charge in [0, 0.05) is 17.5 Å². The fourth-order valence-electron chi connectivity index (χ4n) is 5.02. The lowest BCUT2D eigenvalue weighted by atomic mass is 9.73. The topological polar surface area (TPSA) is 94.3 Å². The molecule has 7 heteroatoms. The Bertz CT molecular complexity index is 1240. The van der Waals surface area contributed by atoms with E-state index in [2.05, 4.69) is 10.3 Å². The molecular formula is C27H30FN3O3. The molecule has 6 nitrogen and oxygen atoms in total. The number of methoxy groups -OCH3 is 1.